The van der Waals surface area contributed by atoms with E-state index >= 15 is 0 Å². The first kappa shape index (κ1) is 15.7. The largest absolute Gasteiger partial charge is 0.342 e. The van der Waals surface area contributed by atoms with Crippen molar-refractivity contribution in [1.82, 2.24) is 10.2 Å². The molecule has 4 nitrogen and oxygen atoms in total. The van der Waals surface area contributed by atoms with Crippen LogP contribution in [0.5, 0.6) is 0 Å². The number of rotatable bonds is 3. The van der Waals surface area contributed by atoms with Gasteiger partial charge in [-0.3, -0.25) is 9.59 Å². The normalized spacial score (nSPS) is 25.3. The number of piperazine rings is 1. The van der Waals surface area contributed by atoms with E-state index in [0.29, 0.717) is 6.54 Å². The molecule has 4 heteroatoms. The summed E-state index contributed by atoms with van der Waals surface area (Å²) in [5, 5.41) is 2.87. The SMILES string of the molecule is C/C=C/CN1C(=O)C(C(C)C)NC(=O)C1C(C)(C)C. The van der Waals surface area contributed by atoms with Gasteiger partial charge >= 0.3 is 0 Å². The zero-order chi connectivity index (χ0) is 14.8. The van der Waals surface area contributed by atoms with Crippen LogP contribution in [0.1, 0.15) is 41.5 Å². The molecule has 1 N–H and O–H groups in total. The summed E-state index contributed by atoms with van der Waals surface area (Å²) in [7, 11) is 0. The molecule has 108 valence electrons. The number of carbonyl (C=O) groups is 2. The van der Waals surface area contributed by atoms with E-state index in [-0.39, 0.29) is 23.1 Å². The fourth-order valence-electron chi connectivity index (χ4n) is 2.47. The summed E-state index contributed by atoms with van der Waals surface area (Å²) in [6.45, 7) is 12.3. The first-order chi connectivity index (χ1) is 8.70. The lowest BCUT2D eigenvalue weighted by atomic mass is 9.82. The molecule has 19 heavy (non-hydrogen) atoms. The monoisotopic (exact) mass is 266 g/mol. The maximum absolute atomic E-state index is 12.6. The number of amides is 2. The van der Waals surface area contributed by atoms with Crippen molar-refractivity contribution in [2.45, 2.75) is 53.6 Å². The van der Waals surface area contributed by atoms with Crippen molar-refractivity contribution < 1.29 is 9.59 Å². The molecule has 0 aromatic heterocycles. The lowest BCUT2D eigenvalue weighted by Crippen LogP contribution is -2.67. The quantitative estimate of drug-likeness (QED) is 0.794. The maximum atomic E-state index is 12.6. The van der Waals surface area contributed by atoms with E-state index in [9.17, 15) is 9.59 Å². The number of carbonyl (C=O) groups excluding carboxylic acids is 2. The number of hydrogen-bond donors (Lipinski definition) is 1. The smallest absolute Gasteiger partial charge is 0.246 e. The van der Waals surface area contributed by atoms with Gasteiger partial charge in [-0.2, -0.15) is 0 Å². The van der Waals surface area contributed by atoms with Crippen LogP contribution in [0, 0.1) is 11.3 Å². The summed E-state index contributed by atoms with van der Waals surface area (Å²) in [4.78, 5) is 26.6. The molecule has 1 aliphatic heterocycles. The molecular weight excluding hydrogens is 240 g/mol. The molecule has 2 amide bonds. The van der Waals surface area contributed by atoms with Crippen LogP contribution < -0.4 is 5.32 Å². The van der Waals surface area contributed by atoms with E-state index in [1.165, 1.54) is 0 Å². The molecule has 0 aliphatic carbocycles. The van der Waals surface area contributed by atoms with E-state index in [1.807, 2.05) is 53.7 Å². The minimum atomic E-state index is -0.411. The maximum Gasteiger partial charge on any atom is 0.246 e. The zero-order valence-corrected chi connectivity index (χ0v) is 12.9. The Bertz CT molecular complexity index is 380. The van der Waals surface area contributed by atoms with Gasteiger partial charge in [0.25, 0.3) is 0 Å². The van der Waals surface area contributed by atoms with Gasteiger partial charge in [-0.1, -0.05) is 46.8 Å². The Labute approximate surface area is 116 Å². The Hall–Kier alpha value is -1.32. The summed E-state index contributed by atoms with van der Waals surface area (Å²) in [5.74, 6) is 0.0772. The highest BCUT2D eigenvalue weighted by Crippen LogP contribution is 2.29. The lowest BCUT2D eigenvalue weighted by molar-refractivity contribution is -0.154. The fraction of sp³-hybridized carbons (Fsp3) is 0.733. The number of nitrogens with zero attached hydrogens (tertiary/aromatic N) is 1. The van der Waals surface area contributed by atoms with Crippen LogP contribution in [0.4, 0.5) is 0 Å². The van der Waals surface area contributed by atoms with Crippen molar-refractivity contribution in [2.24, 2.45) is 11.3 Å². The van der Waals surface area contributed by atoms with Crippen molar-refractivity contribution in [3.05, 3.63) is 12.2 Å². The van der Waals surface area contributed by atoms with Crippen molar-refractivity contribution in [2.75, 3.05) is 6.54 Å². The van der Waals surface area contributed by atoms with Crippen LogP contribution in [0.15, 0.2) is 12.2 Å². The first-order valence-electron chi connectivity index (χ1n) is 6.92. The molecule has 2 atom stereocenters. The summed E-state index contributed by atoms with van der Waals surface area (Å²) in [6, 6.07) is -0.817. The van der Waals surface area contributed by atoms with Crippen molar-refractivity contribution in [3.63, 3.8) is 0 Å². The van der Waals surface area contributed by atoms with Crippen molar-refractivity contribution in [1.29, 1.82) is 0 Å². The predicted molar refractivity (Wildman–Crippen MR) is 76.5 cm³/mol. The van der Waals surface area contributed by atoms with Gasteiger partial charge < -0.3 is 10.2 Å². The molecule has 0 spiro atoms. The van der Waals surface area contributed by atoms with E-state index in [4.69, 9.17) is 0 Å². The van der Waals surface area contributed by atoms with Crippen LogP contribution in [0.3, 0.4) is 0 Å². The molecular formula is C15H26N2O2. The standard InChI is InChI=1S/C15H26N2O2/c1-7-8-9-17-12(15(4,5)6)13(18)16-11(10(2)3)14(17)19/h7-8,10-12H,9H2,1-6H3,(H,16,18)/b8-7+. The molecule has 0 aromatic rings. The third-order valence-corrected chi connectivity index (χ3v) is 3.43. The Balaban J connectivity index is 3.10. The fourth-order valence-corrected chi connectivity index (χ4v) is 2.47. The lowest BCUT2D eigenvalue weighted by Gasteiger charge is -2.45. The zero-order valence-electron chi connectivity index (χ0n) is 12.9. The number of allylic oxidation sites excluding steroid dienone is 1. The molecule has 1 saturated heterocycles. The second-order valence-corrected chi connectivity index (χ2v) is 6.56. The molecule has 1 rings (SSSR count). The van der Waals surface area contributed by atoms with E-state index < -0.39 is 12.1 Å². The van der Waals surface area contributed by atoms with Gasteiger partial charge in [0.15, 0.2) is 0 Å². The highest BCUT2D eigenvalue weighted by atomic mass is 16.2. The Morgan fingerprint density at radius 3 is 2.32 bits per heavy atom. The van der Waals surface area contributed by atoms with E-state index in [2.05, 4.69) is 5.32 Å². The number of nitrogens with one attached hydrogen (secondary N) is 1. The molecule has 0 radical (unpaired) electrons. The van der Waals surface area contributed by atoms with Gasteiger partial charge in [-0.15, -0.1) is 0 Å². The highest BCUT2D eigenvalue weighted by Gasteiger charge is 2.46. The molecule has 2 unspecified atom stereocenters. The van der Waals surface area contributed by atoms with Gasteiger partial charge in [0.05, 0.1) is 0 Å². The second-order valence-electron chi connectivity index (χ2n) is 6.56. The van der Waals surface area contributed by atoms with Gasteiger partial charge in [0, 0.05) is 6.54 Å². The highest BCUT2D eigenvalue weighted by molar-refractivity contribution is 5.97. The Morgan fingerprint density at radius 2 is 1.89 bits per heavy atom. The summed E-state index contributed by atoms with van der Waals surface area (Å²) in [6.07, 6.45) is 3.83. The van der Waals surface area contributed by atoms with Gasteiger partial charge in [-0.25, -0.2) is 0 Å². The second kappa shape index (κ2) is 5.76. The van der Waals surface area contributed by atoms with Crippen molar-refractivity contribution >= 4 is 11.8 Å². The van der Waals surface area contributed by atoms with Crippen LogP contribution in [0.25, 0.3) is 0 Å². The summed E-state index contributed by atoms with van der Waals surface area (Å²) in [5.41, 5.74) is -0.275. The van der Waals surface area contributed by atoms with Crippen molar-refractivity contribution in [3.8, 4) is 0 Å². The Kier molecular flexibility index (Phi) is 4.77. The van der Waals surface area contributed by atoms with Crippen LogP contribution in [-0.4, -0.2) is 35.3 Å². The topological polar surface area (TPSA) is 49.4 Å². The average Bonchev–Trinajstić information content (AvgIpc) is 2.27. The average molecular weight is 266 g/mol. The molecule has 1 aliphatic rings. The molecule has 1 heterocycles. The van der Waals surface area contributed by atoms with E-state index in [0.717, 1.165) is 0 Å². The van der Waals surface area contributed by atoms with Gasteiger partial charge in [0.2, 0.25) is 11.8 Å². The van der Waals surface area contributed by atoms with Crippen LogP contribution >= 0.6 is 0 Å². The van der Waals surface area contributed by atoms with Gasteiger partial charge in [-0.05, 0) is 18.3 Å². The number of hydrogen-bond acceptors (Lipinski definition) is 2. The Morgan fingerprint density at radius 1 is 1.32 bits per heavy atom. The molecule has 0 bridgehead atoms. The van der Waals surface area contributed by atoms with Gasteiger partial charge in [0.1, 0.15) is 12.1 Å². The third-order valence-electron chi connectivity index (χ3n) is 3.43. The minimum Gasteiger partial charge on any atom is -0.342 e. The van der Waals surface area contributed by atoms with Crippen LogP contribution in [-0.2, 0) is 9.59 Å². The van der Waals surface area contributed by atoms with Crippen LogP contribution in [0.2, 0.25) is 0 Å². The molecule has 0 saturated carbocycles. The third kappa shape index (κ3) is 3.37. The predicted octanol–water partition coefficient (Wildman–Crippen LogP) is 1.96. The summed E-state index contributed by atoms with van der Waals surface area (Å²) >= 11 is 0. The minimum absolute atomic E-state index is 0.0209. The first-order valence-corrected chi connectivity index (χ1v) is 6.92. The molecule has 1 fully saturated rings. The van der Waals surface area contributed by atoms with E-state index in [1.54, 1.807) is 4.90 Å². The molecule has 0 aromatic carbocycles. The summed E-state index contributed by atoms with van der Waals surface area (Å²) < 4.78 is 0.